The van der Waals surface area contributed by atoms with Crippen molar-refractivity contribution in [2.45, 2.75) is 39.2 Å². The number of allylic oxidation sites excluding steroid dienone is 3. The average Bonchev–Trinajstić information content (AvgIpc) is 2.52. The Morgan fingerprint density at radius 2 is 2.08 bits per heavy atom. The number of hydrogen-bond donors (Lipinski definition) is 1. The van der Waals surface area contributed by atoms with E-state index in [4.69, 9.17) is 4.74 Å². The highest BCUT2D eigenvalue weighted by Gasteiger charge is 2.32. The fourth-order valence-corrected chi connectivity index (χ4v) is 2.57. The molecule has 7 nitrogen and oxygen atoms in total. The van der Waals surface area contributed by atoms with Crippen LogP contribution in [-0.4, -0.2) is 16.5 Å². The summed E-state index contributed by atoms with van der Waals surface area (Å²) in [6.45, 7) is 6.95. The molecule has 130 valence electrons. The molecule has 0 saturated heterocycles. The maximum atomic E-state index is 12.7. The largest absolute Gasteiger partial charge is 0.457 e. The molecule has 0 spiro atoms. The molecule has 1 aromatic carbocycles. The zero-order valence-electron chi connectivity index (χ0n) is 14.5. The minimum Gasteiger partial charge on any atom is -0.457 e. The van der Waals surface area contributed by atoms with Crippen LogP contribution >= 0.6 is 0 Å². The van der Waals surface area contributed by atoms with E-state index in [-0.39, 0.29) is 11.4 Å². The summed E-state index contributed by atoms with van der Waals surface area (Å²) >= 11 is 0. The maximum absolute atomic E-state index is 12.7. The van der Waals surface area contributed by atoms with Crippen LogP contribution in [-0.2, 0) is 9.53 Å². The number of hydrogen-bond acceptors (Lipinski definition) is 6. The number of dihydropyridines is 1. The van der Waals surface area contributed by atoms with Crippen LogP contribution < -0.4 is 5.32 Å². The van der Waals surface area contributed by atoms with Crippen molar-refractivity contribution in [3.8, 4) is 6.07 Å². The van der Waals surface area contributed by atoms with Gasteiger partial charge >= 0.3 is 5.97 Å². The van der Waals surface area contributed by atoms with Gasteiger partial charge in [0.05, 0.1) is 10.5 Å². The Kier molecular flexibility index (Phi) is 4.93. The topological polar surface area (TPSA) is 105 Å². The number of carbonyl (C=O) groups excluding carboxylic acids is 1. The van der Waals surface area contributed by atoms with Crippen LogP contribution in [0.25, 0.3) is 0 Å². The highest BCUT2D eigenvalue weighted by Crippen LogP contribution is 2.34. The number of benzene rings is 1. The second kappa shape index (κ2) is 6.77. The van der Waals surface area contributed by atoms with Crippen molar-refractivity contribution < 1.29 is 14.5 Å². The number of non-ortho nitro benzene ring substituents is 1. The fraction of sp³-hybridized carbons (Fsp3) is 0.333. The van der Waals surface area contributed by atoms with Crippen molar-refractivity contribution >= 4 is 11.7 Å². The molecule has 1 N–H and O–H groups in total. The molecule has 0 bridgehead atoms. The molecule has 0 fully saturated rings. The van der Waals surface area contributed by atoms with Gasteiger partial charge in [-0.25, -0.2) is 4.79 Å². The lowest BCUT2D eigenvalue weighted by Crippen LogP contribution is -2.31. The van der Waals surface area contributed by atoms with Crippen LogP contribution in [0.15, 0.2) is 47.3 Å². The summed E-state index contributed by atoms with van der Waals surface area (Å²) in [5, 5.41) is 23.1. The number of nitrogens with one attached hydrogen (secondary N) is 1. The third-order valence-electron chi connectivity index (χ3n) is 3.55. The summed E-state index contributed by atoms with van der Waals surface area (Å²) in [4.78, 5) is 23.2. The van der Waals surface area contributed by atoms with Crippen LogP contribution in [0, 0.1) is 21.4 Å². The van der Waals surface area contributed by atoms with Crippen LogP contribution in [0.4, 0.5) is 5.69 Å². The van der Waals surface area contributed by atoms with E-state index < -0.39 is 22.4 Å². The number of ether oxygens (including phenoxy) is 1. The zero-order chi connectivity index (χ0) is 18.8. The van der Waals surface area contributed by atoms with Crippen LogP contribution in [0.2, 0.25) is 0 Å². The van der Waals surface area contributed by atoms with Crippen molar-refractivity contribution in [2.75, 3.05) is 0 Å². The molecule has 0 amide bonds. The molecule has 1 heterocycles. The Morgan fingerprint density at radius 3 is 2.64 bits per heavy atom. The first kappa shape index (κ1) is 18.2. The first-order valence-corrected chi connectivity index (χ1v) is 7.70. The SMILES string of the molecule is CC1=C(C(=O)OC(C)(C)C)C(c2cccc([N+](=O)[O-])c2)C=C(C#N)N1. The second-order valence-electron chi connectivity index (χ2n) is 6.69. The molecule has 1 aromatic rings. The maximum Gasteiger partial charge on any atom is 0.337 e. The van der Waals surface area contributed by atoms with E-state index >= 15 is 0 Å². The lowest BCUT2D eigenvalue weighted by atomic mass is 9.86. The molecule has 0 radical (unpaired) electrons. The van der Waals surface area contributed by atoms with Gasteiger partial charge in [-0.3, -0.25) is 10.1 Å². The van der Waals surface area contributed by atoms with Gasteiger partial charge in [0.1, 0.15) is 17.4 Å². The molecular formula is C18H19N3O4. The van der Waals surface area contributed by atoms with Gasteiger partial charge < -0.3 is 10.1 Å². The minimum absolute atomic E-state index is 0.0795. The quantitative estimate of drug-likeness (QED) is 0.514. The highest BCUT2D eigenvalue weighted by molar-refractivity contribution is 5.92. The lowest BCUT2D eigenvalue weighted by Gasteiger charge is -2.27. The molecule has 0 saturated carbocycles. The Hall–Kier alpha value is -3.14. The monoisotopic (exact) mass is 341 g/mol. The normalized spacial score (nSPS) is 17.2. The van der Waals surface area contributed by atoms with E-state index in [1.54, 1.807) is 45.9 Å². The van der Waals surface area contributed by atoms with Gasteiger partial charge in [0, 0.05) is 23.7 Å². The van der Waals surface area contributed by atoms with Gasteiger partial charge in [0.15, 0.2) is 0 Å². The number of nitro benzene ring substituents is 1. The van der Waals surface area contributed by atoms with E-state index in [1.807, 2.05) is 6.07 Å². The van der Waals surface area contributed by atoms with Crippen molar-refractivity contribution in [3.63, 3.8) is 0 Å². The summed E-state index contributed by atoms with van der Waals surface area (Å²) in [6, 6.07) is 8.03. The second-order valence-corrected chi connectivity index (χ2v) is 6.69. The first-order chi connectivity index (χ1) is 11.6. The van der Waals surface area contributed by atoms with Gasteiger partial charge in [-0.1, -0.05) is 12.1 Å². The van der Waals surface area contributed by atoms with Crippen molar-refractivity contribution in [2.24, 2.45) is 0 Å². The Balaban J connectivity index is 2.53. The summed E-state index contributed by atoms with van der Waals surface area (Å²) in [5.41, 5.74) is 0.880. The number of carbonyl (C=O) groups is 1. The van der Waals surface area contributed by atoms with E-state index in [9.17, 15) is 20.2 Å². The van der Waals surface area contributed by atoms with Crippen molar-refractivity contribution in [3.05, 3.63) is 63.0 Å². The van der Waals surface area contributed by atoms with Crippen molar-refractivity contribution in [1.29, 1.82) is 5.26 Å². The summed E-state index contributed by atoms with van der Waals surface area (Å²) < 4.78 is 5.46. The van der Waals surface area contributed by atoms with Gasteiger partial charge in [0.25, 0.3) is 5.69 Å². The Labute approximate surface area is 145 Å². The van der Waals surface area contributed by atoms with E-state index in [0.717, 1.165) is 0 Å². The Bertz CT molecular complexity index is 825. The standard InChI is InChI=1S/C18H19N3O4/c1-11-16(17(22)25-18(2,3)4)15(9-13(10-19)20-11)12-6-5-7-14(8-12)21(23)24/h5-9,15,20H,1-4H3. The molecule has 1 unspecified atom stereocenters. The molecular weight excluding hydrogens is 322 g/mol. The summed E-state index contributed by atoms with van der Waals surface area (Å²) in [5.74, 6) is -1.13. The summed E-state index contributed by atoms with van der Waals surface area (Å²) in [7, 11) is 0. The molecule has 25 heavy (non-hydrogen) atoms. The number of nitriles is 1. The number of nitrogens with zero attached hydrogens (tertiary/aromatic N) is 2. The number of esters is 1. The average molecular weight is 341 g/mol. The van der Waals surface area contributed by atoms with E-state index in [1.165, 1.54) is 12.1 Å². The van der Waals surface area contributed by atoms with Crippen molar-refractivity contribution in [1.82, 2.24) is 5.32 Å². The molecule has 0 aliphatic carbocycles. The molecule has 1 aliphatic heterocycles. The van der Waals surface area contributed by atoms with Crippen LogP contribution in [0.5, 0.6) is 0 Å². The molecule has 0 aromatic heterocycles. The van der Waals surface area contributed by atoms with E-state index in [0.29, 0.717) is 16.8 Å². The minimum atomic E-state index is -0.684. The van der Waals surface area contributed by atoms with Gasteiger partial charge in [-0.15, -0.1) is 0 Å². The first-order valence-electron chi connectivity index (χ1n) is 7.70. The molecule has 1 aliphatic rings. The van der Waals surface area contributed by atoms with E-state index in [2.05, 4.69) is 5.32 Å². The van der Waals surface area contributed by atoms with Crippen LogP contribution in [0.1, 0.15) is 39.2 Å². The zero-order valence-corrected chi connectivity index (χ0v) is 14.5. The van der Waals surface area contributed by atoms with Gasteiger partial charge in [-0.2, -0.15) is 5.26 Å². The smallest absolute Gasteiger partial charge is 0.337 e. The fourth-order valence-electron chi connectivity index (χ4n) is 2.57. The van der Waals surface area contributed by atoms with Gasteiger partial charge in [0.2, 0.25) is 0 Å². The molecule has 2 rings (SSSR count). The predicted octanol–water partition coefficient (Wildman–Crippen LogP) is 3.30. The molecule has 7 heteroatoms. The summed E-state index contributed by atoms with van der Waals surface area (Å²) in [6.07, 6.45) is 1.57. The number of rotatable bonds is 3. The van der Waals surface area contributed by atoms with Gasteiger partial charge in [-0.05, 0) is 39.3 Å². The number of nitro groups is 1. The highest BCUT2D eigenvalue weighted by atomic mass is 16.6. The Morgan fingerprint density at radius 1 is 1.40 bits per heavy atom. The lowest BCUT2D eigenvalue weighted by molar-refractivity contribution is -0.384. The predicted molar refractivity (Wildman–Crippen MR) is 91.2 cm³/mol. The third-order valence-corrected chi connectivity index (χ3v) is 3.55. The van der Waals surface area contributed by atoms with Crippen LogP contribution in [0.3, 0.4) is 0 Å². The third kappa shape index (κ3) is 4.23. The molecule has 1 atom stereocenters.